The molecule has 1 N–H and O–H groups in total. The van der Waals surface area contributed by atoms with Gasteiger partial charge in [0.1, 0.15) is 11.6 Å². The number of nitrogens with one attached hydrogen (secondary N) is 1. The molecular weight excluding hydrogens is 358 g/mol. The molecule has 1 aliphatic rings. The summed E-state index contributed by atoms with van der Waals surface area (Å²) in [6.45, 7) is 10.7. The first-order valence-corrected chi connectivity index (χ1v) is 10.0. The lowest BCUT2D eigenvalue weighted by molar-refractivity contribution is -0.112. The van der Waals surface area contributed by atoms with Crippen molar-refractivity contribution in [3.8, 4) is 6.07 Å². The van der Waals surface area contributed by atoms with Crippen molar-refractivity contribution in [2.75, 3.05) is 17.3 Å². The van der Waals surface area contributed by atoms with Crippen molar-refractivity contribution in [2.45, 2.75) is 52.5 Å². The molecule has 4 heteroatoms. The summed E-state index contributed by atoms with van der Waals surface area (Å²) in [5.41, 5.74) is 6.38. The van der Waals surface area contributed by atoms with Crippen LogP contribution in [0.2, 0.25) is 0 Å². The van der Waals surface area contributed by atoms with Gasteiger partial charge in [-0.1, -0.05) is 30.7 Å². The maximum Gasteiger partial charge on any atom is 0.266 e. The minimum Gasteiger partial charge on any atom is -0.369 e. The first-order chi connectivity index (χ1) is 13.6. The highest BCUT2D eigenvalue weighted by Gasteiger charge is 2.33. The number of nitrogens with zero attached hydrogens (tertiary/aromatic N) is 2. The molecule has 1 unspecified atom stereocenters. The second kappa shape index (κ2) is 7.75. The van der Waals surface area contributed by atoms with Crippen LogP contribution < -0.4 is 10.2 Å². The Morgan fingerprint density at radius 3 is 2.62 bits per heavy atom. The highest BCUT2D eigenvalue weighted by Crippen LogP contribution is 2.42. The van der Waals surface area contributed by atoms with Crippen LogP contribution in [0.3, 0.4) is 0 Å². The summed E-state index contributed by atoms with van der Waals surface area (Å²) < 4.78 is 0. The quantitative estimate of drug-likeness (QED) is 0.553. The molecule has 0 saturated carbocycles. The van der Waals surface area contributed by atoms with Gasteiger partial charge in [0.05, 0.1) is 0 Å². The normalized spacial score (nSPS) is 18.0. The van der Waals surface area contributed by atoms with E-state index in [-0.39, 0.29) is 17.0 Å². The summed E-state index contributed by atoms with van der Waals surface area (Å²) in [7, 11) is 2.12. The second-order valence-corrected chi connectivity index (χ2v) is 8.74. The van der Waals surface area contributed by atoms with Crippen molar-refractivity contribution in [2.24, 2.45) is 0 Å². The third-order valence-corrected chi connectivity index (χ3v) is 5.96. The lowest BCUT2D eigenvalue weighted by Crippen LogP contribution is -2.45. The van der Waals surface area contributed by atoms with E-state index in [4.69, 9.17) is 0 Å². The lowest BCUT2D eigenvalue weighted by Gasteiger charge is -2.45. The van der Waals surface area contributed by atoms with Crippen molar-refractivity contribution in [1.82, 2.24) is 0 Å². The minimum atomic E-state index is -0.386. The van der Waals surface area contributed by atoms with Gasteiger partial charge >= 0.3 is 0 Å². The Morgan fingerprint density at radius 1 is 1.24 bits per heavy atom. The molecule has 1 heterocycles. The van der Waals surface area contributed by atoms with Crippen LogP contribution in [0.5, 0.6) is 0 Å². The minimum absolute atomic E-state index is 0.0991. The third-order valence-electron chi connectivity index (χ3n) is 5.96. The van der Waals surface area contributed by atoms with Gasteiger partial charge in [-0.05, 0) is 81.0 Å². The molecule has 4 nitrogen and oxygen atoms in total. The predicted octanol–water partition coefficient (Wildman–Crippen LogP) is 5.57. The second-order valence-electron chi connectivity index (χ2n) is 8.74. The van der Waals surface area contributed by atoms with Gasteiger partial charge in [0, 0.05) is 24.0 Å². The van der Waals surface area contributed by atoms with Crippen molar-refractivity contribution < 1.29 is 4.79 Å². The fourth-order valence-corrected chi connectivity index (χ4v) is 4.14. The van der Waals surface area contributed by atoms with E-state index in [1.54, 1.807) is 6.08 Å². The van der Waals surface area contributed by atoms with Gasteiger partial charge in [-0.15, -0.1) is 0 Å². The maximum atomic E-state index is 12.7. The Bertz CT molecular complexity index is 1030. The maximum absolute atomic E-state index is 12.7. The molecule has 2 aromatic rings. The van der Waals surface area contributed by atoms with E-state index in [0.29, 0.717) is 5.92 Å². The lowest BCUT2D eigenvalue weighted by atomic mass is 9.80. The van der Waals surface area contributed by atoms with Gasteiger partial charge in [0.2, 0.25) is 0 Å². The molecule has 0 bridgehead atoms. The Balaban J connectivity index is 1.89. The van der Waals surface area contributed by atoms with Gasteiger partial charge in [0.25, 0.3) is 5.91 Å². The van der Waals surface area contributed by atoms with Crippen LogP contribution >= 0.6 is 0 Å². The van der Waals surface area contributed by atoms with Gasteiger partial charge in [-0.3, -0.25) is 4.79 Å². The van der Waals surface area contributed by atoms with Crippen LogP contribution in [0.1, 0.15) is 55.4 Å². The Labute approximate surface area is 173 Å². The van der Waals surface area contributed by atoms with Crippen molar-refractivity contribution >= 4 is 23.4 Å². The third kappa shape index (κ3) is 4.19. The number of benzene rings is 2. The van der Waals surface area contributed by atoms with E-state index in [1.807, 2.05) is 38.1 Å². The van der Waals surface area contributed by atoms with E-state index in [2.05, 4.69) is 56.2 Å². The molecule has 0 radical (unpaired) electrons. The summed E-state index contributed by atoms with van der Waals surface area (Å²) in [4.78, 5) is 15.0. The molecule has 0 aliphatic carbocycles. The SMILES string of the molecule is Cc1ccc(NC(=O)/C(C#N)=C\c2ccc3c(c2)C(C)CC(C)(C)N3C)c(C)c1. The van der Waals surface area contributed by atoms with Gasteiger partial charge in [-0.25, -0.2) is 0 Å². The first kappa shape index (κ1) is 20.7. The van der Waals surface area contributed by atoms with Crippen molar-refractivity contribution in [3.05, 3.63) is 64.2 Å². The van der Waals surface area contributed by atoms with Crippen LogP contribution in [0.4, 0.5) is 11.4 Å². The average molecular weight is 388 g/mol. The van der Waals surface area contributed by atoms with Gasteiger partial charge < -0.3 is 10.2 Å². The summed E-state index contributed by atoms with van der Waals surface area (Å²) in [5, 5.41) is 12.4. The monoisotopic (exact) mass is 387 g/mol. The largest absolute Gasteiger partial charge is 0.369 e. The zero-order valence-electron chi connectivity index (χ0n) is 18.1. The van der Waals surface area contributed by atoms with E-state index in [9.17, 15) is 10.1 Å². The van der Waals surface area contributed by atoms with Crippen LogP contribution in [-0.2, 0) is 4.79 Å². The standard InChI is InChI=1S/C25H29N3O/c1-16-7-9-22(17(2)11-16)27-24(29)20(15-26)12-19-8-10-23-21(13-19)18(3)14-25(4,5)28(23)6/h7-13,18H,14H2,1-6H3,(H,27,29)/b20-12-. The summed E-state index contributed by atoms with van der Waals surface area (Å²) in [5.74, 6) is 0.0302. The number of carbonyl (C=O) groups excluding carboxylic acids is 1. The van der Waals surface area contributed by atoms with Gasteiger partial charge in [-0.2, -0.15) is 5.26 Å². The highest BCUT2D eigenvalue weighted by atomic mass is 16.1. The topological polar surface area (TPSA) is 56.1 Å². The number of rotatable bonds is 3. The molecule has 0 fully saturated rings. The van der Waals surface area contributed by atoms with Crippen LogP contribution in [0.25, 0.3) is 6.08 Å². The molecular formula is C25H29N3O. The average Bonchev–Trinajstić information content (AvgIpc) is 2.66. The van der Waals surface area contributed by atoms with Gasteiger partial charge in [0.15, 0.2) is 0 Å². The number of aryl methyl sites for hydroxylation is 2. The number of hydrogen-bond acceptors (Lipinski definition) is 3. The number of fused-ring (bicyclic) bond motifs is 1. The molecule has 1 atom stereocenters. The van der Waals surface area contributed by atoms with Crippen LogP contribution in [0.15, 0.2) is 42.0 Å². The fourth-order valence-electron chi connectivity index (χ4n) is 4.14. The molecule has 0 spiro atoms. The number of anilines is 2. The number of nitriles is 1. The number of carbonyl (C=O) groups is 1. The molecule has 150 valence electrons. The molecule has 1 amide bonds. The van der Waals surface area contributed by atoms with E-state index in [0.717, 1.165) is 28.8 Å². The summed E-state index contributed by atoms with van der Waals surface area (Å²) >= 11 is 0. The van der Waals surface area contributed by atoms with Crippen molar-refractivity contribution in [3.63, 3.8) is 0 Å². The summed E-state index contributed by atoms with van der Waals surface area (Å²) in [6.07, 6.45) is 2.73. The first-order valence-electron chi connectivity index (χ1n) is 10.0. The van der Waals surface area contributed by atoms with E-state index >= 15 is 0 Å². The molecule has 0 saturated heterocycles. The zero-order chi connectivity index (χ0) is 21.3. The molecule has 0 aromatic heterocycles. The Morgan fingerprint density at radius 2 is 1.97 bits per heavy atom. The predicted molar refractivity (Wildman–Crippen MR) is 120 cm³/mol. The smallest absolute Gasteiger partial charge is 0.266 e. The number of amides is 1. The van der Waals surface area contributed by atoms with Crippen molar-refractivity contribution in [1.29, 1.82) is 5.26 Å². The molecule has 29 heavy (non-hydrogen) atoms. The Kier molecular flexibility index (Phi) is 5.53. The highest BCUT2D eigenvalue weighted by molar-refractivity contribution is 6.10. The Hall–Kier alpha value is -3.06. The van der Waals surface area contributed by atoms with E-state index in [1.165, 1.54) is 11.3 Å². The molecule has 3 rings (SSSR count). The molecule has 1 aliphatic heterocycles. The molecule has 2 aromatic carbocycles. The van der Waals surface area contributed by atoms with Crippen LogP contribution in [-0.4, -0.2) is 18.5 Å². The number of hydrogen-bond donors (Lipinski definition) is 1. The van der Waals surface area contributed by atoms with Crippen LogP contribution in [0, 0.1) is 25.2 Å². The summed E-state index contributed by atoms with van der Waals surface area (Å²) in [6, 6.07) is 14.1. The fraction of sp³-hybridized carbons (Fsp3) is 0.360. The zero-order valence-corrected chi connectivity index (χ0v) is 18.1. The van der Waals surface area contributed by atoms with E-state index < -0.39 is 0 Å².